The summed E-state index contributed by atoms with van der Waals surface area (Å²) in [4.78, 5) is 7.50. The Kier molecular flexibility index (Phi) is 4.37. The van der Waals surface area contributed by atoms with Crippen molar-refractivity contribution in [3.05, 3.63) is 44.9 Å². The smallest absolute Gasteiger partial charge is 0.185 e. The summed E-state index contributed by atoms with van der Waals surface area (Å²) < 4.78 is 1.08. The number of aliphatic hydroxyl groups excluding tert-OH is 1. The van der Waals surface area contributed by atoms with Crippen LogP contribution in [0.4, 0.5) is 5.13 Å². The molecule has 1 N–H and O–H groups in total. The lowest BCUT2D eigenvalue weighted by molar-refractivity contribution is 0.284. The topological polar surface area (TPSA) is 36.4 Å². The second-order valence-corrected chi connectivity index (χ2v) is 6.13. The number of aryl methyl sites for hydroxylation is 1. The number of benzene rings is 1. The van der Waals surface area contributed by atoms with Gasteiger partial charge in [0.1, 0.15) is 0 Å². The summed E-state index contributed by atoms with van der Waals surface area (Å²) >= 11 is 5.01. The first-order chi connectivity index (χ1) is 8.60. The quantitative estimate of drug-likeness (QED) is 0.936. The molecule has 0 atom stereocenters. The van der Waals surface area contributed by atoms with Crippen LogP contribution in [-0.2, 0) is 13.2 Å². The van der Waals surface area contributed by atoms with Gasteiger partial charge in [0.05, 0.1) is 17.2 Å². The average Bonchev–Trinajstić information content (AvgIpc) is 2.70. The molecule has 1 heterocycles. The molecule has 0 fully saturated rings. The normalized spacial score (nSPS) is 10.7. The van der Waals surface area contributed by atoms with E-state index in [1.165, 1.54) is 5.56 Å². The van der Waals surface area contributed by atoms with Gasteiger partial charge < -0.3 is 10.0 Å². The van der Waals surface area contributed by atoms with E-state index in [0.717, 1.165) is 26.7 Å². The molecule has 96 valence electrons. The molecule has 0 aliphatic carbocycles. The Morgan fingerprint density at radius 2 is 2.22 bits per heavy atom. The molecule has 0 spiro atoms. The number of anilines is 1. The number of aliphatic hydroxyl groups is 1. The second kappa shape index (κ2) is 5.82. The molecular formula is C13H15BrN2OS. The minimum Gasteiger partial charge on any atom is -0.391 e. The van der Waals surface area contributed by atoms with Gasteiger partial charge in [-0.3, -0.25) is 0 Å². The van der Waals surface area contributed by atoms with E-state index in [2.05, 4.69) is 37.9 Å². The van der Waals surface area contributed by atoms with Crippen molar-refractivity contribution in [3.8, 4) is 0 Å². The minimum atomic E-state index is 0.0637. The SMILES string of the molecule is Cc1nc(N(C)Cc2cccc(Br)c2)sc1CO. The molecule has 0 saturated heterocycles. The third-order valence-electron chi connectivity index (χ3n) is 2.66. The maximum atomic E-state index is 9.19. The average molecular weight is 327 g/mol. The lowest BCUT2D eigenvalue weighted by Gasteiger charge is -2.15. The summed E-state index contributed by atoms with van der Waals surface area (Å²) in [6.07, 6.45) is 0. The summed E-state index contributed by atoms with van der Waals surface area (Å²) in [7, 11) is 2.01. The summed E-state index contributed by atoms with van der Waals surface area (Å²) in [5.41, 5.74) is 2.14. The van der Waals surface area contributed by atoms with E-state index in [-0.39, 0.29) is 6.61 Å². The molecule has 2 aromatic rings. The Morgan fingerprint density at radius 3 is 2.83 bits per heavy atom. The Bertz CT molecular complexity index is 542. The molecule has 1 aromatic carbocycles. The van der Waals surface area contributed by atoms with Crippen LogP contribution in [0.3, 0.4) is 0 Å². The molecule has 0 aliphatic heterocycles. The van der Waals surface area contributed by atoms with Gasteiger partial charge in [-0.1, -0.05) is 39.4 Å². The van der Waals surface area contributed by atoms with Gasteiger partial charge >= 0.3 is 0 Å². The van der Waals surface area contributed by atoms with Gasteiger partial charge in [-0.25, -0.2) is 4.98 Å². The largest absolute Gasteiger partial charge is 0.391 e. The van der Waals surface area contributed by atoms with E-state index >= 15 is 0 Å². The molecule has 18 heavy (non-hydrogen) atoms. The third-order valence-corrected chi connectivity index (χ3v) is 4.41. The van der Waals surface area contributed by atoms with E-state index in [0.29, 0.717) is 0 Å². The maximum Gasteiger partial charge on any atom is 0.185 e. The van der Waals surface area contributed by atoms with Gasteiger partial charge in [-0.05, 0) is 24.6 Å². The molecule has 0 amide bonds. The lowest BCUT2D eigenvalue weighted by Crippen LogP contribution is -2.15. The van der Waals surface area contributed by atoms with Crippen LogP contribution in [0.2, 0.25) is 0 Å². The minimum absolute atomic E-state index is 0.0637. The lowest BCUT2D eigenvalue weighted by atomic mass is 10.2. The molecule has 0 unspecified atom stereocenters. The Balaban J connectivity index is 2.13. The predicted molar refractivity (Wildman–Crippen MR) is 79.0 cm³/mol. The molecule has 0 bridgehead atoms. The highest BCUT2D eigenvalue weighted by atomic mass is 79.9. The summed E-state index contributed by atoms with van der Waals surface area (Å²) in [6.45, 7) is 2.80. The van der Waals surface area contributed by atoms with Crippen molar-refractivity contribution in [2.24, 2.45) is 0 Å². The van der Waals surface area contributed by atoms with E-state index in [9.17, 15) is 5.11 Å². The number of aromatic nitrogens is 1. The number of thiazole rings is 1. The molecule has 5 heteroatoms. The van der Waals surface area contributed by atoms with Crippen molar-refractivity contribution in [1.82, 2.24) is 4.98 Å². The van der Waals surface area contributed by atoms with Gasteiger partial charge in [0.25, 0.3) is 0 Å². The van der Waals surface area contributed by atoms with E-state index in [1.54, 1.807) is 11.3 Å². The first kappa shape index (κ1) is 13.5. The van der Waals surface area contributed by atoms with Crippen LogP contribution in [0.1, 0.15) is 16.1 Å². The van der Waals surface area contributed by atoms with E-state index < -0.39 is 0 Å². The van der Waals surface area contributed by atoms with Crippen LogP contribution < -0.4 is 4.90 Å². The maximum absolute atomic E-state index is 9.19. The third kappa shape index (κ3) is 3.10. The van der Waals surface area contributed by atoms with Gasteiger partial charge in [-0.2, -0.15) is 0 Å². The fourth-order valence-corrected chi connectivity index (χ4v) is 3.03. The second-order valence-electron chi connectivity index (χ2n) is 4.15. The fourth-order valence-electron chi connectivity index (χ4n) is 1.70. The van der Waals surface area contributed by atoms with Crippen LogP contribution in [0.15, 0.2) is 28.7 Å². The number of nitrogens with zero attached hydrogens (tertiary/aromatic N) is 2. The zero-order chi connectivity index (χ0) is 13.1. The summed E-state index contributed by atoms with van der Waals surface area (Å²) in [6, 6.07) is 8.24. The van der Waals surface area contributed by atoms with E-state index in [4.69, 9.17) is 0 Å². The van der Waals surface area contributed by atoms with Crippen molar-refractivity contribution in [3.63, 3.8) is 0 Å². The highest BCUT2D eigenvalue weighted by molar-refractivity contribution is 9.10. The standard InChI is InChI=1S/C13H15BrN2OS/c1-9-12(8-17)18-13(15-9)16(2)7-10-4-3-5-11(14)6-10/h3-6,17H,7-8H2,1-2H3. The molecule has 0 saturated carbocycles. The molecule has 0 aliphatic rings. The molecule has 1 aromatic heterocycles. The monoisotopic (exact) mass is 326 g/mol. The zero-order valence-corrected chi connectivity index (χ0v) is 12.8. The number of rotatable bonds is 4. The van der Waals surface area contributed by atoms with Crippen molar-refractivity contribution in [2.45, 2.75) is 20.1 Å². The summed E-state index contributed by atoms with van der Waals surface area (Å²) in [5.74, 6) is 0. The van der Waals surface area contributed by atoms with Crippen LogP contribution in [-0.4, -0.2) is 17.1 Å². The fraction of sp³-hybridized carbons (Fsp3) is 0.308. The van der Waals surface area contributed by atoms with Crippen molar-refractivity contribution in [1.29, 1.82) is 0 Å². The van der Waals surface area contributed by atoms with Gasteiger partial charge in [0, 0.05) is 18.1 Å². The molecule has 0 radical (unpaired) electrons. The first-order valence-corrected chi connectivity index (χ1v) is 7.24. The first-order valence-electron chi connectivity index (χ1n) is 5.63. The van der Waals surface area contributed by atoms with Crippen molar-refractivity contribution in [2.75, 3.05) is 11.9 Å². The Hall–Kier alpha value is -0.910. The molecule has 2 rings (SSSR count). The Labute approximate surface area is 119 Å². The number of hydrogen-bond donors (Lipinski definition) is 1. The number of halogens is 1. The van der Waals surface area contributed by atoms with Crippen LogP contribution in [0.25, 0.3) is 0 Å². The molecule has 3 nitrogen and oxygen atoms in total. The highest BCUT2D eigenvalue weighted by Gasteiger charge is 2.10. The zero-order valence-electron chi connectivity index (χ0n) is 10.4. The number of hydrogen-bond acceptors (Lipinski definition) is 4. The van der Waals surface area contributed by atoms with Crippen molar-refractivity contribution >= 4 is 32.4 Å². The van der Waals surface area contributed by atoms with E-state index in [1.807, 2.05) is 26.1 Å². The van der Waals surface area contributed by atoms with Crippen molar-refractivity contribution < 1.29 is 5.11 Å². The van der Waals surface area contributed by atoms with Crippen LogP contribution >= 0.6 is 27.3 Å². The Morgan fingerprint density at radius 1 is 1.44 bits per heavy atom. The van der Waals surface area contributed by atoms with Gasteiger partial charge in [-0.15, -0.1) is 0 Å². The predicted octanol–water partition coefficient (Wildman–Crippen LogP) is 3.34. The summed E-state index contributed by atoms with van der Waals surface area (Å²) in [5, 5.41) is 10.1. The highest BCUT2D eigenvalue weighted by Crippen LogP contribution is 2.26. The van der Waals surface area contributed by atoms with Crippen LogP contribution in [0.5, 0.6) is 0 Å². The van der Waals surface area contributed by atoms with Crippen LogP contribution in [0, 0.1) is 6.92 Å². The van der Waals surface area contributed by atoms with Gasteiger partial charge in [0.2, 0.25) is 0 Å². The molecular weight excluding hydrogens is 312 g/mol. The van der Waals surface area contributed by atoms with Gasteiger partial charge in [0.15, 0.2) is 5.13 Å².